The van der Waals surface area contributed by atoms with E-state index in [2.05, 4.69) is 5.32 Å². The molecule has 0 atom stereocenters. The number of nitrogens with one attached hydrogen (secondary N) is 1. The topological polar surface area (TPSA) is 79.0 Å². The van der Waals surface area contributed by atoms with Gasteiger partial charge in [-0.2, -0.15) is 0 Å². The first kappa shape index (κ1) is 16.2. The minimum absolute atomic E-state index is 0.0550. The standard InChI is InChI=1S/C16H18FN3O4/c17-11-2-1-3-13(8-11)24-7-6-18-14(21)9-20-15(22)10-19(16(20)23)12-4-5-12/h1-3,8,12H,4-7,9-10H2,(H,18,21). The first-order valence-electron chi connectivity index (χ1n) is 7.80. The molecule has 0 spiro atoms. The van der Waals surface area contributed by atoms with Crippen molar-refractivity contribution in [1.29, 1.82) is 0 Å². The lowest BCUT2D eigenvalue weighted by atomic mass is 10.3. The van der Waals surface area contributed by atoms with Gasteiger partial charge in [0, 0.05) is 12.1 Å². The smallest absolute Gasteiger partial charge is 0.327 e. The van der Waals surface area contributed by atoms with Crippen LogP contribution >= 0.6 is 0 Å². The number of ether oxygens (including phenoxy) is 1. The number of hydrogen-bond acceptors (Lipinski definition) is 4. The molecule has 0 unspecified atom stereocenters. The van der Waals surface area contributed by atoms with Crippen LogP contribution in [0.1, 0.15) is 12.8 Å². The summed E-state index contributed by atoms with van der Waals surface area (Å²) >= 11 is 0. The molecule has 0 radical (unpaired) electrons. The second kappa shape index (κ2) is 6.86. The number of hydrogen-bond donors (Lipinski definition) is 1. The molecule has 1 aromatic rings. The molecule has 1 saturated heterocycles. The lowest BCUT2D eigenvalue weighted by molar-refractivity contribution is -0.130. The molecule has 8 heteroatoms. The monoisotopic (exact) mass is 335 g/mol. The van der Waals surface area contributed by atoms with Gasteiger partial charge in [-0.3, -0.25) is 14.5 Å². The quantitative estimate of drug-likeness (QED) is 0.589. The molecule has 3 rings (SSSR count). The Labute approximate surface area is 138 Å². The van der Waals surface area contributed by atoms with Gasteiger partial charge in [-0.15, -0.1) is 0 Å². The number of imide groups is 1. The van der Waals surface area contributed by atoms with Crippen molar-refractivity contribution >= 4 is 17.8 Å². The minimum Gasteiger partial charge on any atom is -0.492 e. The van der Waals surface area contributed by atoms with Crippen LogP contribution in [0.15, 0.2) is 24.3 Å². The Hall–Kier alpha value is -2.64. The van der Waals surface area contributed by atoms with E-state index in [9.17, 15) is 18.8 Å². The third kappa shape index (κ3) is 3.81. The molecule has 2 aliphatic rings. The maximum atomic E-state index is 13.0. The molecule has 128 valence electrons. The maximum Gasteiger partial charge on any atom is 0.327 e. The Morgan fingerprint density at radius 2 is 2.12 bits per heavy atom. The zero-order valence-electron chi connectivity index (χ0n) is 13.0. The van der Waals surface area contributed by atoms with Gasteiger partial charge >= 0.3 is 6.03 Å². The van der Waals surface area contributed by atoms with Gasteiger partial charge in [0.2, 0.25) is 5.91 Å². The zero-order valence-corrected chi connectivity index (χ0v) is 13.0. The first-order valence-corrected chi connectivity index (χ1v) is 7.80. The number of amides is 4. The van der Waals surface area contributed by atoms with Crippen molar-refractivity contribution in [3.05, 3.63) is 30.1 Å². The number of nitrogens with zero attached hydrogens (tertiary/aromatic N) is 2. The van der Waals surface area contributed by atoms with Gasteiger partial charge in [0.05, 0.1) is 6.54 Å². The van der Waals surface area contributed by atoms with Gasteiger partial charge in [-0.1, -0.05) is 6.07 Å². The Bertz CT molecular complexity index is 662. The van der Waals surface area contributed by atoms with Gasteiger partial charge in [-0.05, 0) is 25.0 Å². The molecule has 1 aliphatic carbocycles. The molecule has 7 nitrogen and oxygen atoms in total. The summed E-state index contributed by atoms with van der Waals surface area (Å²) in [4.78, 5) is 38.2. The number of rotatable bonds is 7. The van der Waals surface area contributed by atoms with Gasteiger partial charge in [-0.25, -0.2) is 9.18 Å². The van der Waals surface area contributed by atoms with Gasteiger partial charge in [0.15, 0.2) is 0 Å². The minimum atomic E-state index is -0.433. The van der Waals surface area contributed by atoms with E-state index in [0.717, 1.165) is 17.7 Å². The Morgan fingerprint density at radius 1 is 1.33 bits per heavy atom. The molecule has 1 heterocycles. The van der Waals surface area contributed by atoms with Gasteiger partial charge < -0.3 is 15.0 Å². The van der Waals surface area contributed by atoms with E-state index in [4.69, 9.17) is 4.74 Å². The highest BCUT2D eigenvalue weighted by atomic mass is 19.1. The highest BCUT2D eigenvalue weighted by Gasteiger charge is 2.44. The third-order valence-electron chi connectivity index (χ3n) is 3.86. The van der Waals surface area contributed by atoms with E-state index in [1.807, 2.05) is 0 Å². The van der Waals surface area contributed by atoms with E-state index in [-0.39, 0.29) is 38.2 Å². The zero-order chi connectivity index (χ0) is 17.1. The summed E-state index contributed by atoms with van der Waals surface area (Å²) in [7, 11) is 0. The number of carbonyl (C=O) groups excluding carboxylic acids is 3. The summed E-state index contributed by atoms with van der Waals surface area (Å²) in [6.45, 7) is 0.115. The second-order valence-electron chi connectivity index (χ2n) is 5.78. The molecule has 0 bridgehead atoms. The fraction of sp³-hybridized carbons (Fsp3) is 0.438. The van der Waals surface area contributed by atoms with Crippen LogP contribution in [0.2, 0.25) is 0 Å². The molecular formula is C16H18FN3O4. The lowest BCUT2D eigenvalue weighted by Gasteiger charge is -2.16. The van der Waals surface area contributed by atoms with Crippen LogP contribution in [0, 0.1) is 5.82 Å². The Morgan fingerprint density at radius 3 is 2.83 bits per heavy atom. The number of carbonyl (C=O) groups is 3. The average Bonchev–Trinajstić information content (AvgIpc) is 3.34. The highest BCUT2D eigenvalue weighted by molar-refractivity contribution is 6.04. The van der Waals surface area contributed by atoms with Crippen molar-refractivity contribution in [2.24, 2.45) is 0 Å². The highest BCUT2D eigenvalue weighted by Crippen LogP contribution is 2.30. The van der Waals surface area contributed by atoms with Crippen molar-refractivity contribution < 1.29 is 23.5 Å². The van der Waals surface area contributed by atoms with E-state index >= 15 is 0 Å². The average molecular weight is 335 g/mol. The third-order valence-corrected chi connectivity index (χ3v) is 3.86. The largest absolute Gasteiger partial charge is 0.492 e. The van der Waals surface area contributed by atoms with Crippen LogP contribution in [0.5, 0.6) is 5.75 Å². The first-order chi connectivity index (χ1) is 11.5. The number of benzene rings is 1. The molecule has 1 saturated carbocycles. The molecule has 1 aliphatic heterocycles. The predicted octanol–water partition coefficient (Wildman–Crippen LogP) is 0.747. The fourth-order valence-electron chi connectivity index (χ4n) is 2.50. The van der Waals surface area contributed by atoms with Crippen LogP contribution in [0.25, 0.3) is 0 Å². The van der Waals surface area contributed by atoms with Crippen LogP contribution in [-0.2, 0) is 9.59 Å². The Balaban J connectivity index is 1.39. The van der Waals surface area contributed by atoms with E-state index < -0.39 is 17.8 Å². The van der Waals surface area contributed by atoms with Crippen molar-refractivity contribution in [3.63, 3.8) is 0 Å². The summed E-state index contributed by atoms with van der Waals surface area (Å²) in [5.74, 6) is -0.813. The molecule has 0 aromatic heterocycles. The number of halogens is 1. The molecule has 1 aromatic carbocycles. The Kier molecular flexibility index (Phi) is 4.64. The van der Waals surface area contributed by atoms with Crippen molar-refractivity contribution in [2.75, 3.05) is 26.2 Å². The summed E-state index contributed by atoms with van der Waals surface area (Å²) in [6.07, 6.45) is 1.83. The van der Waals surface area contributed by atoms with Gasteiger partial charge in [0.1, 0.15) is 31.3 Å². The fourth-order valence-corrected chi connectivity index (χ4v) is 2.50. The van der Waals surface area contributed by atoms with Crippen LogP contribution < -0.4 is 10.1 Å². The number of urea groups is 1. The van der Waals surface area contributed by atoms with Crippen LogP contribution in [0.3, 0.4) is 0 Å². The van der Waals surface area contributed by atoms with Crippen molar-refractivity contribution in [1.82, 2.24) is 15.1 Å². The summed E-state index contributed by atoms with van der Waals surface area (Å²) in [6, 6.07) is 5.44. The summed E-state index contributed by atoms with van der Waals surface area (Å²) < 4.78 is 18.3. The second-order valence-corrected chi connectivity index (χ2v) is 5.78. The molecular weight excluding hydrogens is 317 g/mol. The van der Waals surface area contributed by atoms with Crippen LogP contribution in [-0.4, -0.2) is 59.9 Å². The SMILES string of the molecule is O=C(CN1C(=O)CN(C2CC2)C1=O)NCCOc1cccc(F)c1. The molecule has 24 heavy (non-hydrogen) atoms. The summed E-state index contributed by atoms with van der Waals surface area (Å²) in [5.41, 5.74) is 0. The van der Waals surface area contributed by atoms with Gasteiger partial charge in [0.25, 0.3) is 5.91 Å². The van der Waals surface area contributed by atoms with Crippen molar-refractivity contribution in [2.45, 2.75) is 18.9 Å². The van der Waals surface area contributed by atoms with Crippen molar-refractivity contribution in [3.8, 4) is 5.75 Å². The maximum absolute atomic E-state index is 13.0. The van der Waals surface area contributed by atoms with Crippen LogP contribution in [0.4, 0.5) is 9.18 Å². The van der Waals surface area contributed by atoms with E-state index in [1.165, 1.54) is 23.1 Å². The van der Waals surface area contributed by atoms with E-state index in [1.54, 1.807) is 6.07 Å². The normalized spacial score (nSPS) is 17.4. The molecule has 1 N–H and O–H groups in total. The molecule has 2 fully saturated rings. The predicted molar refractivity (Wildman–Crippen MR) is 81.7 cm³/mol. The summed E-state index contributed by atoms with van der Waals surface area (Å²) in [5, 5.41) is 2.57. The molecule has 4 amide bonds. The van der Waals surface area contributed by atoms with E-state index in [0.29, 0.717) is 5.75 Å². The lowest BCUT2D eigenvalue weighted by Crippen LogP contribution is -2.42.